The van der Waals surface area contributed by atoms with Crippen molar-refractivity contribution >= 4 is 11.6 Å². The lowest BCUT2D eigenvalue weighted by Crippen LogP contribution is -2.09. The molecule has 1 heterocycles. The zero-order chi connectivity index (χ0) is 13.8. The molecule has 19 heavy (non-hydrogen) atoms. The van der Waals surface area contributed by atoms with Crippen LogP contribution in [-0.4, -0.2) is 21.1 Å². The number of halogens is 1. The summed E-state index contributed by atoms with van der Waals surface area (Å²) in [5, 5.41) is 0.0363. The smallest absolute Gasteiger partial charge is 0.329 e. The van der Waals surface area contributed by atoms with Crippen molar-refractivity contribution in [3.63, 3.8) is 0 Å². The van der Waals surface area contributed by atoms with Gasteiger partial charge >= 0.3 is 12.0 Å². The lowest BCUT2D eigenvalue weighted by atomic mass is 10.2. The normalized spacial score (nSPS) is 10.6. The van der Waals surface area contributed by atoms with Gasteiger partial charge in [-0.25, -0.2) is 0 Å². The molecule has 0 bridgehead atoms. The third-order valence-corrected chi connectivity index (χ3v) is 2.37. The Morgan fingerprint density at radius 1 is 1.05 bits per heavy atom. The number of aromatic nitrogens is 3. The molecule has 2 aromatic rings. The van der Waals surface area contributed by atoms with Crippen molar-refractivity contribution < 1.29 is 9.47 Å². The Morgan fingerprint density at radius 2 is 1.74 bits per heavy atom. The van der Waals surface area contributed by atoms with Crippen LogP contribution in [-0.2, 0) is 0 Å². The first-order chi connectivity index (χ1) is 9.04. The Kier molecular flexibility index (Phi) is 4.16. The van der Waals surface area contributed by atoms with Crippen LogP contribution in [0.15, 0.2) is 24.3 Å². The molecule has 0 saturated carbocycles. The molecule has 0 radical (unpaired) electrons. The van der Waals surface area contributed by atoms with Gasteiger partial charge in [-0.2, -0.15) is 9.97 Å². The van der Waals surface area contributed by atoms with Crippen LogP contribution in [0, 0.1) is 6.92 Å². The average Bonchev–Trinajstić information content (AvgIpc) is 2.30. The summed E-state index contributed by atoms with van der Waals surface area (Å²) in [6, 6.07) is 7.83. The highest BCUT2D eigenvalue weighted by Crippen LogP contribution is 2.23. The predicted molar refractivity (Wildman–Crippen MR) is 71.9 cm³/mol. The Bertz CT molecular complexity index is 576. The highest BCUT2D eigenvalue weighted by atomic mass is 35.5. The van der Waals surface area contributed by atoms with E-state index in [1.807, 2.05) is 45.0 Å². The number of para-hydroxylation sites is 1. The quantitative estimate of drug-likeness (QED) is 0.858. The second-order valence-corrected chi connectivity index (χ2v) is 4.54. The number of hydrogen-bond acceptors (Lipinski definition) is 5. The molecule has 0 fully saturated rings. The van der Waals surface area contributed by atoms with E-state index in [1.165, 1.54) is 0 Å². The number of ether oxygens (including phenoxy) is 2. The van der Waals surface area contributed by atoms with Crippen LogP contribution in [0.3, 0.4) is 0 Å². The lowest BCUT2D eigenvalue weighted by Gasteiger charge is -2.10. The van der Waals surface area contributed by atoms with Crippen LogP contribution in [0.25, 0.3) is 0 Å². The van der Waals surface area contributed by atoms with E-state index in [4.69, 9.17) is 21.1 Å². The van der Waals surface area contributed by atoms with Gasteiger partial charge in [0.25, 0.3) is 0 Å². The third-order valence-electron chi connectivity index (χ3n) is 2.20. The van der Waals surface area contributed by atoms with Crippen molar-refractivity contribution in [1.82, 2.24) is 15.0 Å². The summed E-state index contributed by atoms with van der Waals surface area (Å²) in [7, 11) is 0. The second kappa shape index (κ2) is 5.84. The highest BCUT2D eigenvalue weighted by Gasteiger charge is 2.10. The molecule has 100 valence electrons. The van der Waals surface area contributed by atoms with E-state index in [2.05, 4.69) is 15.0 Å². The van der Waals surface area contributed by atoms with Gasteiger partial charge in [-0.05, 0) is 44.0 Å². The van der Waals surface area contributed by atoms with E-state index in [0.717, 1.165) is 5.56 Å². The molecule has 0 N–H and O–H groups in total. The zero-order valence-corrected chi connectivity index (χ0v) is 11.7. The van der Waals surface area contributed by atoms with Crippen LogP contribution in [0.2, 0.25) is 5.28 Å². The van der Waals surface area contributed by atoms with Gasteiger partial charge in [-0.1, -0.05) is 18.2 Å². The van der Waals surface area contributed by atoms with Gasteiger partial charge in [0.05, 0.1) is 6.10 Å². The van der Waals surface area contributed by atoms with E-state index >= 15 is 0 Å². The fourth-order valence-electron chi connectivity index (χ4n) is 1.39. The molecule has 0 saturated heterocycles. The zero-order valence-electron chi connectivity index (χ0n) is 10.9. The summed E-state index contributed by atoms with van der Waals surface area (Å²) in [4.78, 5) is 11.9. The maximum absolute atomic E-state index is 5.82. The third kappa shape index (κ3) is 3.79. The molecular formula is C13H14ClN3O2. The number of hydrogen-bond donors (Lipinski definition) is 0. The van der Waals surface area contributed by atoms with Gasteiger partial charge in [0.1, 0.15) is 5.75 Å². The van der Waals surface area contributed by atoms with Crippen molar-refractivity contribution in [3.8, 4) is 17.8 Å². The van der Waals surface area contributed by atoms with Crippen LogP contribution in [0.4, 0.5) is 0 Å². The summed E-state index contributed by atoms with van der Waals surface area (Å²) in [6.07, 6.45) is -0.0511. The molecule has 6 heteroatoms. The van der Waals surface area contributed by atoms with Crippen LogP contribution >= 0.6 is 11.6 Å². The molecule has 0 aliphatic carbocycles. The molecule has 5 nitrogen and oxygen atoms in total. The van der Waals surface area contributed by atoms with Gasteiger partial charge < -0.3 is 9.47 Å². The molecule has 1 aromatic carbocycles. The van der Waals surface area contributed by atoms with Crippen LogP contribution in [0.5, 0.6) is 17.8 Å². The van der Waals surface area contributed by atoms with Gasteiger partial charge in [0.15, 0.2) is 0 Å². The Morgan fingerprint density at radius 3 is 2.42 bits per heavy atom. The van der Waals surface area contributed by atoms with E-state index in [1.54, 1.807) is 0 Å². The highest BCUT2D eigenvalue weighted by molar-refractivity contribution is 6.28. The molecular weight excluding hydrogens is 266 g/mol. The minimum atomic E-state index is -0.0511. The van der Waals surface area contributed by atoms with Crippen LogP contribution < -0.4 is 9.47 Å². The Hall–Kier alpha value is -1.88. The van der Waals surface area contributed by atoms with Crippen molar-refractivity contribution in [1.29, 1.82) is 0 Å². The van der Waals surface area contributed by atoms with Gasteiger partial charge in [-0.15, -0.1) is 4.98 Å². The maximum atomic E-state index is 5.82. The number of nitrogens with zero attached hydrogens (tertiary/aromatic N) is 3. The standard InChI is InChI=1S/C13H14ClN3O2/c1-8(2)18-12-15-11(14)16-13(17-12)19-10-7-5-4-6-9(10)3/h4-8H,1-3H3. The van der Waals surface area contributed by atoms with Crippen molar-refractivity contribution in [2.24, 2.45) is 0 Å². The first-order valence-electron chi connectivity index (χ1n) is 5.86. The summed E-state index contributed by atoms with van der Waals surface area (Å²) in [5.41, 5.74) is 0.977. The van der Waals surface area contributed by atoms with E-state index < -0.39 is 0 Å². The maximum Gasteiger partial charge on any atom is 0.329 e. The number of aryl methyl sites for hydroxylation is 1. The fraction of sp³-hybridized carbons (Fsp3) is 0.308. The molecule has 0 spiro atoms. The predicted octanol–water partition coefficient (Wildman–Crippen LogP) is 3.41. The minimum Gasteiger partial charge on any atom is -0.461 e. The van der Waals surface area contributed by atoms with Crippen molar-refractivity contribution in [2.75, 3.05) is 0 Å². The molecule has 0 aliphatic rings. The van der Waals surface area contributed by atoms with Gasteiger partial charge in [-0.3, -0.25) is 0 Å². The van der Waals surface area contributed by atoms with E-state index in [9.17, 15) is 0 Å². The number of rotatable bonds is 4. The summed E-state index contributed by atoms with van der Waals surface area (Å²) in [5.74, 6) is 0.667. The first-order valence-corrected chi connectivity index (χ1v) is 6.24. The topological polar surface area (TPSA) is 57.1 Å². The summed E-state index contributed by atoms with van der Waals surface area (Å²) in [6.45, 7) is 5.68. The summed E-state index contributed by atoms with van der Waals surface area (Å²) < 4.78 is 11.0. The largest absolute Gasteiger partial charge is 0.461 e. The molecule has 0 amide bonds. The fourth-order valence-corrected chi connectivity index (χ4v) is 1.54. The summed E-state index contributed by atoms with van der Waals surface area (Å²) >= 11 is 5.82. The van der Waals surface area contributed by atoms with E-state index in [-0.39, 0.29) is 23.4 Å². The average molecular weight is 280 g/mol. The van der Waals surface area contributed by atoms with Gasteiger partial charge in [0, 0.05) is 0 Å². The SMILES string of the molecule is Cc1ccccc1Oc1nc(Cl)nc(OC(C)C)n1. The van der Waals surface area contributed by atoms with E-state index in [0.29, 0.717) is 5.75 Å². The monoisotopic (exact) mass is 279 g/mol. The lowest BCUT2D eigenvalue weighted by molar-refractivity contribution is 0.218. The molecule has 1 aromatic heterocycles. The second-order valence-electron chi connectivity index (χ2n) is 4.20. The van der Waals surface area contributed by atoms with Crippen LogP contribution in [0.1, 0.15) is 19.4 Å². The number of benzene rings is 1. The molecule has 0 unspecified atom stereocenters. The van der Waals surface area contributed by atoms with Crippen molar-refractivity contribution in [3.05, 3.63) is 35.1 Å². The van der Waals surface area contributed by atoms with Crippen molar-refractivity contribution in [2.45, 2.75) is 26.9 Å². The molecule has 2 rings (SSSR count). The first kappa shape index (κ1) is 13.5. The Balaban J connectivity index is 2.25. The van der Waals surface area contributed by atoms with Gasteiger partial charge in [0.2, 0.25) is 5.28 Å². The Labute approximate surface area is 116 Å². The minimum absolute atomic E-state index is 0.0363. The molecule has 0 atom stereocenters. The molecule has 0 aliphatic heterocycles.